The van der Waals surface area contributed by atoms with Crippen LogP contribution in [0.25, 0.3) is 0 Å². The Morgan fingerprint density at radius 2 is 2.14 bits per heavy atom. The van der Waals surface area contributed by atoms with E-state index in [4.69, 9.17) is 22.8 Å². The Balaban J connectivity index is 2.17. The van der Waals surface area contributed by atoms with Crippen LogP contribution in [-0.4, -0.2) is 6.61 Å². The Labute approximate surface area is 136 Å². The molecule has 0 fully saturated rings. The second-order valence-corrected chi connectivity index (χ2v) is 5.52. The highest BCUT2D eigenvalue weighted by molar-refractivity contribution is 9.10. The van der Waals surface area contributed by atoms with Crippen molar-refractivity contribution in [3.05, 3.63) is 57.3 Å². The summed E-state index contributed by atoms with van der Waals surface area (Å²) >= 11 is 9.15. The van der Waals surface area contributed by atoms with Gasteiger partial charge in [0.1, 0.15) is 12.4 Å². The predicted octanol–water partition coefficient (Wildman–Crippen LogP) is 4.87. The lowest BCUT2D eigenvalue weighted by molar-refractivity contribution is 0.366. The zero-order chi connectivity index (χ0) is 15.2. The lowest BCUT2D eigenvalue weighted by Gasteiger charge is -2.13. The van der Waals surface area contributed by atoms with Crippen LogP contribution in [0.4, 0.5) is 10.1 Å². The van der Waals surface area contributed by atoms with Crippen molar-refractivity contribution < 1.29 is 9.13 Å². The number of anilines is 1. The molecule has 2 nitrogen and oxygen atoms in total. The van der Waals surface area contributed by atoms with Gasteiger partial charge in [0.25, 0.3) is 0 Å². The summed E-state index contributed by atoms with van der Waals surface area (Å²) in [6.45, 7) is 0.566. The van der Waals surface area contributed by atoms with Crippen LogP contribution in [0, 0.1) is 18.2 Å². The molecule has 1 N–H and O–H groups in total. The van der Waals surface area contributed by atoms with Crippen LogP contribution < -0.4 is 10.1 Å². The van der Waals surface area contributed by atoms with E-state index in [9.17, 15) is 4.39 Å². The van der Waals surface area contributed by atoms with Gasteiger partial charge in [-0.05, 0) is 30.3 Å². The standard InChI is InChI=1S/C16H12BrClFNO/c1-2-8-21-15-7-6-12(17)9-11(15)10-20-14-5-3-4-13(18)16(14)19/h1,3-7,9,20H,8,10H2. The summed E-state index contributed by atoms with van der Waals surface area (Å²) in [6.07, 6.45) is 5.19. The second kappa shape index (κ2) is 7.35. The molecular weight excluding hydrogens is 357 g/mol. The average Bonchev–Trinajstić information content (AvgIpc) is 2.48. The van der Waals surface area contributed by atoms with Gasteiger partial charge in [-0.1, -0.05) is 39.5 Å². The number of benzene rings is 2. The molecule has 108 valence electrons. The summed E-state index contributed by atoms with van der Waals surface area (Å²) in [5.41, 5.74) is 1.20. The second-order valence-electron chi connectivity index (χ2n) is 4.20. The molecule has 0 saturated carbocycles. The van der Waals surface area contributed by atoms with Gasteiger partial charge in [-0.2, -0.15) is 0 Å². The van der Waals surface area contributed by atoms with Gasteiger partial charge in [0.15, 0.2) is 5.82 Å². The molecule has 0 aliphatic rings. The monoisotopic (exact) mass is 367 g/mol. The Bertz CT molecular complexity index is 684. The highest BCUT2D eigenvalue weighted by atomic mass is 79.9. The summed E-state index contributed by atoms with van der Waals surface area (Å²) in [5.74, 6) is 2.60. The molecule has 0 unspecified atom stereocenters. The van der Waals surface area contributed by atoms with E-state index in [-0.39, 0.29) is 11.6 Å². The fourth-order valence-electron chi connectivity index (χ4n) is 1.78. The third-order valence-corrected chi connectivity index (χ3v) is 3.54. The van der Waals surface area contributed by atoms with Crippen molar-refractivity contribution in [1.82, 2.24) is 0 Å². The van der Waals surface area contributed by atoms with Crippen LogP contribution in [0.1, 0.15) is 5.56 Å². The van der Waals surface area contributed by atoms with Gasteiger partial charge in [-0.3, -0.25) is 0 Å². The number of terminal acetylenes is 1. The maximum atomic E-state index is 13.8. The first-order chi connectivity index (χ1) is 10.1. The van der Waals surface area contributed by atoms with Crippen molar-refractivity contribution in [2.75, 3.05) is 11.9 Å². The SMILES string of the molecule is C#CCOc1ccc(Br)cc1CNc1cccc(Cl)c1F. The molecule has 0 bridgehead atoms. The molecule has 2 aromatic rings. The van der Waals surface area contributed by atoms with Gasteiger partial charge in [-0.25, -0.2) is 4.39 Å². The molecule has 0 atom stereocenters. The topological polar surface area (TPSA) is 21.3 Å². The van der Waals surface area contributed by atoms with E-state index in [0.29, 0.717) is 18.0 Å². The Kier molecular flexibility index (Phi) is 5.49. The van der Waals surface area contributed by atoms with E-state index >= 15 is 0 Å². The van der Waals surface area contributed by atoms with Crippen molar-refractivity contribution in [3.8, 4) is 18.1 Å². The highest BCUT2D eigenvalue weighted by Crippen LogP contribution is 2.26. The van der Waals surface area contributed by atoms with Gasteiger partial charge in [0, 0.05) is 16.6 Å². The van der Waals surface area contributed by atoms with Crippen molar-refractivity contribution in [3.63, 3.8) is 0 Å². The van der Waals surface area contributed by atoms with E-state index < -0.39 is 5.82 Å². The molecule has 0 radical (unpaired) electrons. The van der Waals surface area contributed by atoms with Crippen molar-refractivity contribution >= 4 is 33.2 Å². The van der Waals surface area contributed by atoms with Gasteiger partial charge in [0.2, 0.25) is 0 Å². The quantitative estimate of drug-likeness (QED) is 0.761. The van der Waals surface area contributed by atoms with Crippen LogP contribution in [0.15, 0.2) is 40.9 Å². The molecule has 0 aliphatic carbocycles. The molecule has 0 aromatic heterocycles. The number of halogens is 3. The maximum Gasteiger partial charge on any atom is 0.164 e. The fraction of sp³-hybridized carbons (Fsp3) is 0.125. The minimum Gasteiger partial charge on any atom is -0.481 e. The smallest absolute Gasteiger partial charge is 0.164 e. The lowest BCUT2D eigenvalue weighted by atomic mass is 10.2. The van der Waals surface area contributed by atoms with E-state index in [1.54, 1.807) is 12.1 Å². The van der Waals surface area contributed by atoms with E-state index in [0.717, 1.165) is 10.0 Å². The van der Waals surface area contributed by atoms with Gasteiger partial charge < -0.3 is 10.1 Å². The summed E-state index contributed by atoms with van der Waals surface area (Å²) in [4.78, 5) is 0. The minimum atomic E-state index is -0.472. The lowest BCUT2D eigenvalue weighted by Crippen LogP contribution is -2.05. The van der Waals surface area contributed by atoms with E-state index in [1.807, 2.05) is 18.2 Å². The summed E-state index contributed by atoms with van der Waals surface area (Å²) in [5, 5.41) is 3.08. The van der Waals surface area contributed by atoms with Crippen LogP contribution in [-0.2, 0) is 6.54 Å². The predicted molar refractivity (Wildman–Crippen MR) is 87.2 cm³/mol. The van der Waals surface area contributed by atoms with E-state index in [2.05, 4.69) is 27.2 Å². The van der Waals surface area contributed by atoms with E-state index in [1.165, 1.54) is 6.07 Å². The third kappa shape index (κ3) is 4.13. The number of ether oxygens (including phenoxy) is 1. The minimum absolute atomic E-state index is 0.0815. The molecule has 0 spiro atoms. The summed E-state index contributed by atoms with van der Waals surface area (Å²) in [7, 11) is 0. The molecule has 2 aromatic carbocycles. The van der Waals surface area contributed by atoms with Gasteiger partial charge in [0.05, 0.1) is 10.7 Å². The molecule has 0 heterocycles. The number of rotatable bonds is 5. The Hall–Kier alpha value is -1.70. The molecule has 5 heteroatoms. The van der Waals surface area contributed by atoms with Crippen LogP contribution in [0.2, 0.25) is 5.02 Å². The first-order valence-electron chi connectivity index (χ1n) is 6.14. The average molecular weight is 369 g/mol. The molecule has 0 amide bonds. The zero-order valence-electron chi connectivity index (χ0n) is 11.0. The molecule has 21 heavy (non-hydrogen) atoms. The summed E-state index contributed by atoms with van der Waals surface area (Å²) in [6, 6.07) is 10.4. The largest absolute Gasteiger partial charge is 0.481 e. The maximum absolute atomic E-state index is 13.8. The van der Waals surface area contributed by atoms with Crippen molar-refractivity contribution in [2.45, 2.75) is 6.54 Å². The molecular formula is C16H12BrClFNO. The normalized spacial score (nSPS) is 10.0. The first-order valence-corrected chi connectivity index (χ1v) is 7.31. The van der Waals surface area contributed by atoms with Crippen molar-refractivity contribution in [1.29, 1.82) is 0 Å². The third-order valence-electron chi connectivity index (χ3n) is 2.75. The number of nitrogens with one attached hydrogen (secondary N) is 1. The Morgan fingerprint density at radius 1 is 1.33 bits per heavy atom. The van der Waals surface area contributed by atoms with Gasteiger partial charge >= 0.3 is 0 Å². The fourth-order valence-corrected chi connectivity index (χ4v) is 2.36. The molecule has 0 saturated heterocycles. The first kappa shape index (κ1) is 15.7. The number of hydrogen-bond donors (Lipinski definition) is 1. The highest BCUT2D eigenvalue weighted by Gasteiger charge is 2.08. The molecule has 0 aliphatic heterocycles. The summed E-state index contributed by atoms with van der Waals surface area (Å²) < 4.78 is 20.2. The van der Waals surface area contributed by atoms with Crippen LogP contribution in [0.3, 0.4) is 0 Å². The number of hydrogen-bond acceptors (Lipinski definition) is 2. The van der Waals surface area contributed by atoms with Crippen LogP contribution in [0.5, 0.6) is 5.75 Å². The van der Waals surface area contributed by atoms with Crippen LogP contribution >= 0.6 is 27.5 Å². The van der Waals surface area contributed by atoms with Gasteiger partial charge in [-0.15, -0.1) is 6.42 Å². The molecule has 2 rings (SSSR count). The van der Waals surface area contributed by atoms with Crippen molar-refractivity contribution in [2.24, 2.45) is 0 Å². The zero-order valence-corrected chi connectivity index (χ0v) is 13.3. The Morgan fingerprint density at radius 3 is 2.90 bits per heavy atom.